The van der Waals surface area contributed by atoms with Crippen molar-refractivity contribution in [1.29, 1.82) is 0 Å². The van der Waals surface area contributed by atoms with E-state index in [1.165, 1.54) is 16.8 Å². The highest BCUT2D eigenvalue weighted by Crippen LogP contribution is 2.11. The van der Waals surface area contributed by atoms with Crippen molar-refractivity contribution in [3.05, 3.63) is 48.0 Å². The number of aliphatic hydroxyl groups excluding tert-OH is 1. The Morgan fingerprint density at radius 1 is 1.36 bits per heavy atom. The molecule has 4 heteroatoms. The lowest BCUT2D eigenvalue weighted by Crippen LogP contribution is -2.01. The molecule has 0 aliphatic heterocycles. The molecule has 2 aromatic rings. The smallest absolute Gasteiger partial charge is 0.125 e. The van der Waals surface area contributed by atoms with E-state index in [1.54, 1.807) is 24.4 Å². The molecule has 0 atom stereocenters. The molecule has 0 saturated heterocycles. The summed E-state index contributed by atoms with van der Waals surface area (Å²) in [6.45, 7) is -0.115. The Morgan fingerprint density at radius 3 is 2.93 bits per heavy atom. The summed E-state index contributed by atoms with van der Waals surface area (Å²) in [5.74, 6) is -0.318. The molecule has 0 fully saturated rings. The Bertz CT molecular complexity index is 439. The van der Waals surface area contributed by atoms with Crippen molar-refractivity contribution >= 4 is 0 Å². The molecule has 2 rings (SSSR count). The molecule has 3 nitrogen and oxygen atoms in total. The second kappa shape index (κ2) is 3.59. The molecule has 1 aromatic carbocycles. The van der Waals surface area contributed by atoms with Crippen LogP contribution >= 0.6 is 0 Å². The van der Waals surface area contributed by atoms with Crippen molar-refractivity contribution in [1.82, 2.24) is 9.78 Å². The van der Waals surface area contributed by atoms with E-state index in [0.29, 0.717) is 11.4 Å². The van der Waals surface area contributed by atoms with Gasteiger partial charge >= 0.3 is 0 Å². The predicted octanol–water partition coefficient (Wildman–Crippen LogP) is 1.50. The summed E-state index contributed by atoms with van der Waals surface area (Å²) in [5, 5.41) is 13.0. The minimum absolute atomic E-state index is 0.115. The first kappa shape index (κ1) is 8.90. The molecule has 0 unspecified atom stereocenters. The Labute approximate surface area is 80.4 Å². The van der Waals surface area contributed by atoms with Crippen LogP contribution in [0.4, 0.5) is 4.39 Å². The maximum Gasteiger partial charge on any atom is 0.125 e. The first-order valence-electron chi connectivity index (χ1n) is 4.21. The van der Waals surface area contributed by atoms with Crippen LogP contribution in [0.5, 0.6) is 0 Å². The molecule has 0 aliphatic carbocycles. The van der Waals surface area contributed by atoms with Crippen molar-refractivity contribution in [3.63, 3.8) is 0 Å². The molecule has 0 radical (unpaired) electrons. The highest BCUT2D eigenvalue weighted by molar-refractivity contribution is 5.32. The first-order chi connectivity index (χ1) is 6.81. The van der Waals surface area contributed by atoms with Crippen molar-refractivity contribution in [2.24, 2.45) is 0 Å². The van der Waals surface area contributed by atoms with Gasteiger partial charge in [0.15, 0.2) is 0 Å². The lowest BCUT2D eigenvalue weighted by atomic mass is 10.3. The average molecular weight is 192 g/mol. The van der Waals surface area contributed by atoms with Gasteiger partial charge in [-0.1, -0.05) is 6.07 Å². The molecular formula is C10H9FN2O. The number of benzene rings is 1. The number of nitrogens with zero attached hydrogens (tertiary/aromatic N) is 2. The summed E-state index contributed by atoms with van der Waals surface area (Å²) in [6.07, 6.45) is 1.57. The zero-order valence-electron chi connectivity index (χ0n) is 7.39. The molecule has 0 aliphatic rings. The predicted molar refractivity (Wildman–Crippen MR) is 49.4 cm³/mol. The van der Waals surface area contributed by atoms with Crippen molar-refractivity contribution < 1.29 is 9.50 Å². The summed E-state index contributed by atoms with van der Waals surface area (Å²) >= 11 is 0. The molecular weight excluding hydrogens is 183 g/mol. The SMILES string of the molecule is OCc1ccnn1-c1cccc(F)c1. The van der Waals surface area contributed by atoms with Gasteiger partial charge in [0, 0.05) is 6.20 Å². The van der Waals surface area contributed by atoms with E-state index in [2.05, 4.69) is 5.10 Å². The maximum absolute atomic E-state index is 12.9. The van der Waals surface area contributed by atoms with E-state index in [0.717, 1.165) is 0 Å². The Kier molecular flexibility index (Phi) is 2.28. The normalized spacial score (nSPS) is 10.4. The van der Waals surface area contributed by atoms with Gasteiger partial charge in [0.05, 0.1) is 18.0 Å². The summed E-state index contributed by atoms with van der Waals surface area (Å²) in [4.78, 5) is 0. The molecule has 0 bridgehead atoms. The third-order valence-corrected chi connectivity index (χ3v) is 1.94. The molecule has 0 spiro atoms. The molecule has 0 amide bonds. The molecule has 14 heavy (non-hydrogen) atoms. The third-order valence-electron chi connectivity index (χ3n) is 1.94. The first-order valence-corrected chi connectivity index (χ1v) is 4.21. The number of hydrogen-bond acceptors (Lipinski definition) is 2. The molecule has 0 saturated carbocycles. The maximum atomic E-state index is 12.9. The second-order valence-electron chi connectivity index (χ2n) is 2.87. The van der Waals surface area contributed by atoms with Crippen molar-refractivity contribution in [2.75, 3.05) is 0 Å². The van der Waals surface area contributed by atoms with Crippen LogP contribution in [0.3, 0.4) is 0 Å². The molecule has 1 N–H and O–H groups in total. The van der Waals surface area contributed by atoms with Crippen LogP contribution < -0.4 is 0 Å². The number of aliphatic hydroxyl groups is 1. The summed E-state index contributed by atoms with van der Waals surface area (Å²) in [7, 11) is 0. The fourth-order valence-electron chi connectivity index (χ4n) is 1.29. The van der Waals surface area contributed by atoms with Crippen LogP contribution in [0, 0.1) is 5.82 Å². The van der Waals surface area contributed by atoms with E-state index >= 15 is 0 Å². The quantitative estimate of drug-likeness (QED) is 0.783. The minimum atomic E-state index is -0.318. The number of rotatable bonds is 2. The summed E-state index contributed by atoms with van der Waals surface area (Å²) in [5.41, 5.74) is 1.25. The van der Waals surface area contributed by atoms with Gasteiger partial charge < -0.3 is 5.11 Å². The average Bonchev–Trinajstić information content (AvgIpc) is 2.65. The lowest BCUT2D eigenvalue weighted by Gasteiger charge is -2.04. The molecule has 72 valence electrons. The van der Waals surface area contributed by atoms with Gasteiger partial charge in [-0.3, -0.25) is 0 Å². The van der Waals surface area contributed by atoms with Crippen LogP contribution in [0.25, 0.3) is 5.69 Å². The van der Waals surface area contributed by atoms with Gasteiger partial charge in [0.25, 0.3) is 0 Å². The minimum Gasteiger partial charge on any atom is -0.390 e. The summed E-state index contributed by atoms with van der Waals surface area (Å²) < 4.78 is 14.4. The van der Waals surface area contributed by atoms with E-state index in [-0.39, 0.29) is 12.4 Å². The summed E-state index contributed by atoms with van der Waals surface area (Å²) in [6, 6.07) is 7.76. The van der Waals surface area contributed by atoms with Gasteiger partial charge in [-0.15, -0.1) is 0 Å². The van der Waals surface area contributed by atoms with Crippen LogP contribution in [0.2, 0.25) is 0 Å². The molecule has 1 heterocycles. The van der Waals surface area contributed by atoms with Crippen LogP contribution in [0.1, 0.15) is 5.69 Å². The van der Waals surface area contributed by atoms with Gasteiger partial charge in [-0.2, -0.15) is 5.10 Å². The highest BCUT2D eigenvalue weighted by Gasteiger charge is 2.03. The molecule has 1 aromatic heterocycles. The second-order valence-corrected chi connectivity index (χ2v) is 2.87. The fourth-order valence-corrected chi connectivity index (χ4v) is 1.29. The van der Waals surface area contributed by atoms with E-state index in [1.807, 2.05) is 0 Å². The third kappa shape index (κ3) is 1.52. The zero-order valence-corrected chi connectivity index (χ0v) is 7.39. The topological polar surface area (TPSA) is 38.1 Å². The Balaban J connectivity index is 2.49. The van der Waals surface area contributed by atoms with Gasteiger partial charge in [-0.05, 0) is 24.3 Å². The van der Waals surface area contributed by atoms with Crippen LogP contribution in [-0.4, -0.2) is 14.9 Å². The van der Waals surface area contributed by atoms with Gasteiger partial charge in [0.2, 0.25) is 0 Å². The fraction of sp³-hybridized carbons (Fsp3) is 0.100. The van der Waals surface area contributed by atoms with Gasteiger partial charge in [-0.25, -0.2) is 9.07 Å². The highest BCUT2D eigenvalue weighted by atomic mass is 19.1. The van der Waals surface area contributed by atoms with Crippen LogP contribution in [0.15, 0.2) is 36.5 Å². The monoisotopic (exact) mass is 192 g/mol. The van der Waals surface area contributed by atoms with E-state index in [4.69, 9.17) is 5.11 Å². The number of halogens is 1. The Morgan fingerprint density at radius 2 is 2.21 bits per heavy atom. The van der Waals surface area contributed by atoms with E-state index < -0.39 is 0 Å². The zero-order chi connectivity index (χ0) is 9.97. The lowest BCUT2D eigenvalue weighted by molar-refractivity contribution is 0.273. The van der Waals surface area contributed by atoms with Gasteiger partial charge in [0.1, 0.15) is 5.82 Å². The largest absolute Gasteiger partial charge is 0.390 e. The van der Waals surface area contributed by atoms with Crippen molar-refractivity contribution in [3.8, 4) is 5.69 Å². The van der Waals surface area contributed by atoms with Crippen LogP contribution in [-0.2, 0) is 6.61 Å². The number of hydrogen-bond donors (Lipinski definition) is 1. The Hall–Kier alpha value is -1.68. The van der Waals surface area contributed by atoms with Crippen molar-refractivity contribution in [2.45, 2.75) is 6.61 Å². The van der Waals surface area contributed by atoms with E-state index in [9.17, 15) is 4.39 Å². The number of aromatic nitrogens is 2. The standard InChI is InChI=1S/C10H9FN2O/c11-8-2-1-3-9(6-8)13-10(7-14)4-5-12-13/h1-6,14H,7H2.